The van der Waals surface area contributed by atoms with E-state index >= 15 is 0 Å². The van der Waals surface area contributed by atoms with Gasteiger partial charge in [-0.15, -0.1) is 0 Å². The van der Waals surface area contributed by atoms with E-state index in [0.717, 1.165) is 29.7 Å². The first kappa shape index (κ1) is 13.9. The van der Waals surface area contributed by atoms with E-state index in [0.29, 0.717) is 0 Å². The predicted octanol–water partition coefficient (Wildman–Crippen LogP) is 4.00. The van der Waals surface area contributed by atoms with Gasteiger partial charge in [-0.05, 0) is 61.1 Å². The molecule has 1 aromatic carbocycles. The van der Waals surface area contributed by atoms with Gasteiger partial charge in [0, 0.05) is 19.3 Å². The smallest absolute Gasteiger partial charge is 0.0787 e. The summed E-state index contributed by atoms with van der Waals surface area (Å²) in [6.45, 7) is 3.21. The molecular formula is C18H27NO. The maximum Gasteiger partial charge on any atom is 0.0787 e. The second-order valence-corrected chi connectivity index (χ2v) is 6.83. The Hall–Kier alpha value is -1.02. The van der Waals surface area contributed by atoms with Gasteiger partial charge in [0.2, 0.25) is 0 Å². The highest BCUT2D eigenvalue weighted by Gasteiger charge is 2.39. The van der Waals surface area contributed by atoms with Crippen LogP contribution in [0.1, 0.15) is 50.7 Å². The lowest BCUT2D eigenvalue weighted by Crippen LogP contribution is -2.28. The van der Waals surface area contributed by atoms with Crippen molar-refractivity contribution in [1.29, 1.82) is 0 Å². The van der Waals surface area contributed by atoms with Crippen LogP contribution in [-0.4, -0.2) is 18.7 Å². The molecule has 2 heteroatoms. The largest absolute Gasteiger partial charge is 0.388 e. The molecule has 110 valence electrons. The van der Waals surface area contributed by atoms with Crippen molar-refractivity contribution in [3.8, 4) is 0 Å². The maximum absolute atomic E-state index is 9.85. The van der Waals surface area contributed by atoms with Gasteiger partial charge in [-0.25, -0.2) is 0 Å². The summed E-state index contributed by atoms with van der Waals surface area (Å²) in [5.41, 5.74) is 2.31. The van der Waals surface area contributed by atoms with E-state index in [-0.39, 0.29) is 6.10 Å². The SMILES string of the molecule is CCC(O)c1ccc(N(C)CC2CC3CCC2C3)cc1. The normalized spacial score (nSPS) is 29.6. The van der Waals surface area contributed by atoms with E-state index in [9.17, 15) is 5.11 Å². The minimum Gasteiger partial charge on any atom is -0.388 e. The molecule has 0 aromatic heterocycles. The number of anilines is 1. The zero-order chi connectivity index (χ0) is 14.1. The number of benzene rings is 1. The Morgan fingerprint density at radius 2 is 1.95 bits per heavy atom. The van der Waals surface area contributed by atoms with Crippen molar-refractivity contribution in [3.63, 3.8) is 0 Å². The summed E-state index contributed by atoms with van der Waals surface area (Å²) in [5, 5.41) is 9.85. The van der Waals surface area contributed by atoms with Gasteiger partial charge in [0.15, 0.2) is 0 Å². The van der Waals surface area contributed by atoms with Crippen LogP contribution < -0.4 is 4.90 Å². The number of aliphatic hydroxyl groups excluding tert-OH is 1. The molecule has 2 aliphatic carbocycles. The predicted molar refractivity (Wildman–Crippen MR) is 83.9 cm³/mol. The zero-order valence-electron chi connectivity index (χ0n) is 12.8. The summed E-state index contributed by atoms with van der Waals surface area (Å²) in [6.07, 6.45) is 6.33. The summed E-state index contributed by atoms with van der Waals surface area (Å²) < 4.78 is 0. The number of aliphatic hydroxyl groups is 1. The van der Waals surface area contributed by atoms with Crippen LogP contribution >= 0.6 is 0 Å². The van der Waals surface area contributed by atoms with E-state index < -0.39 is 0 Å². The Morgan fingerprint density at radius 1 is 1.20 bits per heavy atom. The molecule has 4 unspecified atom stereocenters. The Balaban J connectivity index is 1.61. The molecule has 20 heavy (non-hydrogen) atoms. The van der Waals surface area contributed by atoms with Crippen LogP contribution in [0.15, 0.2) is 24.3 Å². The highest BCUT2D eigenvalue weighted by molar-refractivity contribution is 5.47. The van der Waals surface area contributed by atoms with E-state index in [4.69, 9.17) is 0 Å². The highest BCUT2D eigenvalue weighted by atomic mass is 16.3. The van der Waals surface area contributed by atoms with Crippen LogP contribution in [-0.2, 0) is 0 Å². The first-order valence-electron chi connectivity index (χ1n) is 8.16. The Labute approximate surface area is 122 Å². The lowest BCUT2D eigenvalue weighted by molar-refractivity contribution is 0.173. The zero-order valence-corrected chi connectivity index (χ0v) is 12.8. The van der Waals surface area contributed by atoms with Crippen molar-refractivity contribution < 1.29 is 5.11 Å². The van der Waals surface area contributed by atoms with Crippen LogP contribution in [0.3, 0.4) is 0 Å². The van der Waals surface area contributed by atoms with Gasteiger partial charge in [-0.1, -0.05) is 25.5 Å². The summed E-state index contributed by atoms with van der Waals surface area (Å²) in [4.78, 5) is 2.40. The van der Waals surface area contributed by atoms with Gasteiger partial charge >= 0.3 is 0 Å². The third-order valence-corrected chi connectivity index (χ3v) is 5.50. The van der Waals surface area contributed by atoms with Crippen molar-refractivity contribution in [2.24, 2.45) is 17.8 Å². The molecule has 0 aliphatic heterocycles. The van der Waals surface area contributed by atoms with Gasteiger partial charge in [0.05, 0.1) is 6.10 Å². The van der Waals surface area contributed by atoms with Gasteiger partial charge in [-0.2, -0.15) is 0 Å². The van der Waals surface area contributed by atoms with E-state index in [1.54, 1.807) is 0 Å². The Morgan fingerprint density at radius 3 is 2.50 bits per heavy atom. The summed E-state index contributed by atoms with van der Waals surface area (Å²) in [7, 11) is 2.21. The minimum atomic E-state index is -0.320. The molecule has 0 saturated heterocycles. The monoisotopic (exact) mass is 273 g/mol. The fourth-order valence-corrected chi connectivity index (χ4v) is 4.24. The van der Waals surface area contributed by atoms with Gasteiger partial charge in [0.1, 0.15) is 0 Å². The molecule has 1 aromatic rings. The van der Waals surface area contributed by atoms with Crippen molar-refractivity contribution in [3.05, 3.63) is 29.8 Å². The fourth-order valence-electron chi connectivity index (χ4n) is 4.24. The van der Waals surface area contributed by atoms with Crippen molar-refractivity contribution >= 4 is 5.69 Å². The van der Waals surface area contributed by atoms with Crippen molar-refractivity contribution in [1.82, 2.24) is 0 Å². The molecule has 2 nitrogen and oxygen atoms in total. The molecular weight excluding hydrogens is 246 g/mol. The van der Waals surface area contributed by atoms with Gasteiger partial charge in [0.25, 0.3) is 0 Å². The molecule has 2 fully saturated rings. The standard InChI is InChI=1S/C18H27NO/c1-3-18(20)14-6-8-17(9-7-14)19(2)12-16-11-13-4-5-15(16)10-13/h6-9,13,15-16,18,20H,3-5,10-12H2,1-2H3. The summed E-state index contributed by atoms with van der Waals surface area (Å²) in [6, 6.07) is 8.45. The first-order valence-corrected chi connectivity index (χ1v) is 8.16. The van der Waals surface area contributed by atoms with Crippen LogP contribution in [0.2, 0.25) is 0 Å². The van der Waals surface area contributed by atoms with Crippen LogP contribution in [0, 0.1) is 17.8 Å². The van der Waals surface area contributed by atoms with Crippen molar-refractivity contribution in [2.75, 3.05) is 18.5 Å². The molecule has 2 bridgehead atoms. The molecule has 2 aliphatic rings. The van der Waals surface area contributed by atoms with Crippen LogP contribution in [0.4, 0.5) is 5.69 Å². The number of hydrogen-bond donors (Lipinski definition) is 1. The average Bonchev–Trinajstić information content (AvgIpc) is 3.09. The number of rotatable bonds is 5. The Bertz CT molecular complexity index is 441. The topological polar surface area (TPSA) is 23.5 Å². The number of fused-ring (bicyclic) bond motifs is 2. The number of nitrogens with zero attached hydrogens (tertiary/aromatic N) is 1. The van der Waals surface area contributed by atoms with E-state index in [1.165, 1.54) is 37.9 Å². The van der Waals surface area contributed by atoms with E-state index in [1.807, 2.05) is 6.92 Å². The molecule has 3 rings (SSSR count). The maximum atomic E-state index is 9.85. The quantitative estimate of drug-likeness (QED) is 0.876. The number of hydrogen-bond acceptors (Lipinski definition) is 2. The summed E-state index contributed by atoms with van der Waals surface area (Å²) >= 11 is 0. The summed E-state index contributed by atoms with van der Waals surface area (Å²) in [5.74, 6) is 2.92. The second-order valence-electron chi connectivity index (χ2n) is 6.83. The molecule has 2 saturated carbocycles. The molecule has 4 atom stereocenters. The molecule has 0 spiro atoms. The van der Waals surface area contributed by atoms with Gasteiger partial charge < -0.3 is 10.0 Å². The molecule has 0 heterocycles. The van der Waals surface area contributed by atoms with Gasteiger partial charge in [-0.3, -0.25) is 0 Å². The van der Waals surface area contributed by atoms with Crippen LogP contribution in [0.25, 0.3) is 0 Å². The second kappa shape index (κ2) is 5.77. The highest BCUT2D eigenvalue weighted by Crippen LogP contribution is 2.48. The lowest BCUT2D eigenvalue weighted by Gasteiger charge is -2.28. The first-order chi connectivity index (χ1) is 9.67. The van der Waals surface area contributed by atoms with E-state index in [2.05, 4.69) is 36.2 Å². The third-order valence-electron chi connectivity index (χ3n) is 5.50. The molecule has 0 radical (unpaired) electrons. The molecule has 1 N–H and O–H groups in total. The molecule has 0 amide bonds. The average molecular weight is 273 g/mol. The lowest BCUT2D eigenvalue weighted by atomic mass is 9.88. The third kappa shape index (κ3) is 2.71. The Kier molecular flexibility index (Phi) is 4.02. The fraction of sp³-hybridized carbons (Fsp3) is 0.667. The van der Waals surface area contributed by atoms with Crippen LogP contribution in [0.5, 0.6) is 0 Å². The van der Waals surface area contributed by atoms with Crippen molar-refractivity contribution in [2.45, 2.75) is 45.1 Å². The minimum absolute atomic E-state index is 0.320.